The minimum absolute atomic E-state index is 0.0310. The number of carbonyl (C=O) groups is 1. The second-order valence-electron chi connectivity index (χ2n) is 3.11. The molecule has 0 atom stereocenters. The summed E-state index contributed by atoms with van der Waals surface area (Å²) < 4.78 is 23.8. The van der Waals surface area contributed by atoms with Crippen LogP contribution in [0.4, 0.5) is 0 Å². The van der Waals surface area contributed by atoms with Crippen LogP contribution in [0.25, 0.3) is 0 Å². The number of rotatable bonds is 7. The van der Waals surface area contributed by atoms with Gasteiger partial charge >= 0.3 is 0 Å². The van der Waals surface area contributed by atoms with Crippen molar-refractivity contribution in [2.24, 2.45) is 0 Å². The average Bonchev–Trinajstić information content (AvgIpc) is 2.14. The molecule has 90 valence electrons. The Morgan fingerprint density at radius 2 is 2.07 bits per heavy atom. The van der Waals surface area contributed by atoms with Gasteiger partial charge in [0.1, 0.15) is 0 Å². The van der Waals surface area contributed by atoms with Gasteiger partial charge in [-0.2, -0.15) is 4.31 Å². The molecule has 5 nitrogen and oxygen atoms in total. The second kappa shape index (κ2) is 7.03. The van der Waals surface area contributed by atoms with Crippen molar-refractivity contribution in [3.63, 3.8) is 0 Å². The third kappa shape index (κ3) is 5.96. The number of carbonyl (C=O) groups excluding carboxylic acids is 1. The minimum Gasteiger partial charge on any atom is -0.355 e. The van der Waals surface area contributed by atoms with Gasteiger partial charge in [0, 0.05) is 19.5 Å². The molecule has 0 saturated carbocycles. The largest absolute Gasteiger partial charge is 0.355 e. The van der Waals surface area contributed by atoms with Gasteiger partial charge in [-0.25, -0.2) is 8.42 Å². The van der Waals surface area contributed by atoms with Crippen LogP contribution in [0.2, 0.25) is 0 Å². The SMILES string of the molecule is CCCNC(=O)CN(C)S(=O)(=O)CCCl. The lowest BCUT2D eigenvalue weighted by atomic mass is 10.4. The molecule has 0 aliphatic heterocycles. The van der Waals surface area contributed by atoms with E-state index in [0.717, 1.165) is 10.7 Å². The molecule has 0 rings (SSSR count). The van der Waals surface area contributed by atoms with Crippen molar-refractivity contribution in [3.05, 3.63) is 0 Å². The number of nitrogens with one attached hydrogen (secondary N) is 1. The highest BCUT2D eigenvalue weighted by molar-refractivity contribution is 7.89. The predicted molar refractivity (Wildman–Crippen MR) is 60.4 cm³/mol. The zero-order valence-electron chi connectivity index (χ0n) is 8.99. The predicted octanol–water partition coefficient (Wildman–Crippen LogP) is 0.0130. The number of hydrogen-bond donors (Lipinski definition) is 1. The Hall–Kier alpha value is -0.330. The molecule has 0 heterocycles. The summed E-state index contributed by atoms with van der Waals surface area (Å²) in [4.78, 5) is 11.2. The van der Waals surface area contributed by atoms with Gasteiger partial charge < -0.3 is 5.32 Å². The molecule has 0 spiro atoms. The van der Waals surface area contributed by atoms with E-state index in [-0.39, 0.29) is 24.1 Å². The van der Waals surface area contributed by atoms with Crippen molar-refractivity contribution in [2.45, 2.75) is 13.3 Å². The summed E-state index contributed by atoms with van der Waals surface area (Å²) >= 11 is 5.34. The van der Waals surface area contributed by atoms with E-state index in [4.69, 9.17) is 11.6 Å². The fourth-order valence-corrected chi connectivity index (χ4v) is 2.28. The molecule has 1 N–H and O–H groups in total. The monoisotopic (exact) mass is 256 g/mol. The third-order valence-corrected chi connectivity index (χ3v) is 3.96. The third-order valence-electron chi connectivity index (χ3n) is 1.75. The number of amides is 1. The van der Waals surface area contributed by atoms with E-state index in [1.807, 2.05) is 6.92 Å². The van der Waals surface area contributed by atoms with Crippen LogP contribution < -0.4 is 5.32 Å². The molecule has 0 fully saturated rings. The maximum atomic E-state index is 11.4. The number of hydrogen-bond acceptors (Lipinski definition) is 3. The first-order chi connectivity index (χ1) is 6.94. The molecule has 0 aromatic rings. The number of halogens is 1. The Labute approximate surface area is 95.8 Å². The van der Waals surface area contributed by atoms with E-state index in [0.29, 0.717) is 6.54 Å². The zero-order valence-corrected chi connectivity index (χ0v) is 10.6. The van der Waals surface area contributed by atoms with Gasteiger partial charge in [0.25, 0.3) is 0 Å². The number of sulfonamides is 1. The summed E-state index contributed by atoms with van der Waals surface area (Å²) in [6, 6.07) is 0. The summed E-state index contributed by atoms with van der Waals surface area (Å²) in [6.07, 6.45) is 0.823. The van der Waals surface area contributed by atoms with Crippen LogP contribution in [0.5, 0.6) is 0 Å². The van der Waals surface area contributed by atoms with Gasteiger partial charge in [-0.3, -0.25) is 4.79 Å². The normalized spacial score (nSPS) is 11.7. The molecule has 0 saturated heterocycles. The van der Waals surface area contributed by atoms with Gasteiger partial charge in [-0.15, -0.1) is 11.6 Å². The van der Waals surface area contributed by atoms with Crippen LogP contribution in [0.15, 0.2) is 0 Å². The van der Waals surface area contributed by atoms with Crippen molar-refractivity contribution in [2.75, 3.05) is 31.8 Å². The van der Waals surface area contributed by atoms with E-state index in [9.17, 15) is 13.2 Å². The Bertz CT molecular complexity index is 292. The highest BCUT2D eigenvalue weighted by Gasteiger charge is 2.19. The van der Waals surface area contributed by atoms with Crippen molar-refractivity contribution in [3.8, 4) is 0 Å². The summed E-state index contributed by atoms with van der Waals surface area (Å²) in [6.45, 7) is 2.33. The molecule has 0 aromatic heterocycles. The maximum absolute atomic E-state index is 11.4. The number of likely N-dealkylation sites (N-methyl/N-ethyl adjacent to an activating group) is 1. The minimum atomic E-state index is -3.39. The fourth-order valence-electron chi connectivity index (χ4n) is 0.874. The first-order valence-electron chi connectivity index (χ1n) is 4.70. The molecule has 0 radical (unpaired) electrons. The zero-order chi connectivity index (χ0) is 11.9. The molecule has 7 heteroatoms. The molecular weight excluding hydrogens is 240 g/mol. The Morgan fingerprint density at radius 3 is 2.53 bits per heavy atom. The first-order valence-corrected chi connectivity index (χ1v) is 6.85. The molecular formula is C8H17ClN2O3S. The van der Waals surface area contributed by atoms with Gasteiger partial charge in [0.05, 0.1) is 12.3 Å². The van der Waals surface area contributed by atoms with Crippen LogP contribution in [-0.4, -0.2) is 50.4 Å². The van der Waals surface area contributed by atoms with Gasteiger partial charge in [-0.05, 0) is 6.42 Å². The molecule has 0 aromatic carbocycles. The summed E-state index contributed by atoms with van der Waals surface area (Å²) in [7, 11) is -2.02. The molecule has 0 aliphatic rings. The van der Waals surface area contributed by atoms with E-state index < -0.39 is 10.0 Å². The standard InChI is InChI=1S/C8H17ClN2O3S/c1-3-5-10-8(12)7-11(2)15(13,14)6-4-9/h3-7H2,1-2H3,(H,10,12). The lowest BCUT2D eigenvalue weighted by Crippen LogP contribution is -2.39. The van der Waals surface area contributed by atoms with Gasteiger partial charge in [0.15, 0.2) is 0 Å². The van der Waals surface area contributed by atoms with Crippen molar-refractivity contribution >= 4 is 27.5 Å². The quantitative estimate of drug-likeness (QED) is 0.653. The highest BCUT2D eigenvalue weighted by atomic mass is 35.5. The maximum Gasteiger partial charge on any atom is 0.235 e. The average molecular weight is 257 g/mol. The van der Waals surface area contributed by atoms with Crippen LogP contribution >= 0.6 is 11.6 Å². The van der Waals surface area contributed by atoms with Crippen molar-refractivity contribution in [1.29, 1.82) is 0 Å². The van der Waals surface area contributed by atoms with E-state index in [2.05, 4.69) is 5.32 Å². The summed E-state index contributed by atoms with van der Waals surface area (Å²) in [5.41, 5.74) is 0. The molecule has 0 bridgehead atoms. The Kier molecular flexibility index (Phi) is 6.87. The van der Waals surface area contributed by atoms with E-state index in [1.54, 1.807) is 0 Å². The number of nitrogens with zero attached hydrogens (tertiary/aromatic N) is 1. The smallest absolute Gasteiger partial charge is 0.235 e. The molecule has 15 heavy (non-hydrogen) atoms. The highest BCUT2D eigenvalue weighted by Crippen LogP contribution is 1.98. The van der Waals surface area contributed by atoms with Gasteiger partial charge in [0.2, 0.25) is 15.9 Å². The number of alkyl halides is 1. The van der Waals surface area contributed by atoms with Crippen molar-refractivity contribution < 1.29 is 13.2 Å². The molecule has 0 unspecified atom stereocenters. The Morgan fingerprint density at radius 1 is 1.47 bits per heavy atom. The van der Waals surface area contributed by atoms with Gasteiger partial charge in [-0.1, -0.05) is 6.92 Å². The molecule has 0 aliphatic carbocycles. The van der Waals surface area contributed by atoms with Crippen LogP contribution in [0, 0.1) is 0 Å². The van der Waals surface area contributed by atoms with E-state index >= 15 is 0 Å². The summed E-state index contributed by atoms with van der Waals surface area (Å²) in [5, 5.41) is 2.60. The van der Waals surface area contributed by atoms with Crippen molar-refractivity contribution in [1.82, 2.24) is 9.62 Å². The molecule has 1 amide bonds. The Balaban J connectivity index is 4.12. The van der Waals surface area contributed by atoms with Crippen LogP contribution in [-0.2, 0) is 14.8 Å². The lowest BCUT2D eigenvalue weighted by molar-refractivity contribution is -0.121. The summed E-state index contributed by atoms with van der Waals surface area (Å²) in [5.74, 6) is -0.410. The van der Waals surface area contributed by atoms with Crippen LogP contribution in [0.1, 0.15) is 13.3 Å². The second-order valence-corrected chi connectivity index (χ2v) is 5.68. The topological polar surface area (TPSA) is 66.5 Å². The van der Waals surface area contributed by atoms with Crippen LogP contribution in [0.3, 0.4) is 0 Å². The first kappa shape index (κ1) is 14.7. The van der Waals surface area contributed by atoms with E-state index in [1.165, 1.54) is 7.05 Å². The fraction of sp³-hybridized carbons (Fsp3) is 0.875. The lowest BCUT2D eigenvalue weighted by Gasteiger charge is -2.15.